The van der Waals surface area contributed by atoms with Gasteiger partial charge in [-0.05, 0) is 67.1 Å². The minimum Gasteiger partial charge on any atom is -0.382 e. The van der Waals surface area contributed by atoms with E-state index < -0.39 is 0 Å². The Hall–Kier alpha value is -1.54. The monoisotopic (exact) mass is 289 g/mol. The van der Waals surface area contributed by atoms with Gasteiger partial charge < -0.3 is 5.32 Å². The summed E-state index contributed by atoms with van der Waals surface area (Å²) in [7, 11) is 0. The molecule has 0 bridgehead atoms. The lowest BCUT2D eigenvalue weighted by atomic mass is 9.76. The second kappa shape index (κ2) is 5.45. The lowest BCUT2D eigenvalue weighted by molar-refractivity contribution is 0.374. The van der Waals surface area contributed by atoms with Crippen LogP contribution in [0.4, 0.5) is 10.1 Å². The molecule has 1 aliphatic carbocycles. The van der Waals surface area contributed by atoms with E-state index in [1.54, 1.807) is 13.0 Å². The lowest BCUT2D eigenvalue weighted by Gasteiger charge is -2.37. The molecule has 0 spiro atoms. The van der Waals surface area contributed by atoms with E-state index in [2.05, 4.69) is 11.4 Å². The van der Waals surface area contributed by atoms with Crippen LogP contribution in [-0.4, -0.2) is 6.04 Å². The van der Waals surface area contributed by atoms with Gasteiger partial charge in [0.1, 0.15) is 5.82 Å². The third-order valence-electron chi connectivity index (χ3n) is 3.99. The predicted octanol–water partition coefficient (Wildman–Crippen LogP) is 5.15. The molecule has 1 aliphatic rings. The second-order valence-electron chi connectivity index (χ2n) is 5.53. The summed E-state index contributed by atoms with van der Waals surface area (Å²) in [6.45, 7) is 1.79. The fourth-order valence-corrected chi connectivity index (χ4v) is 2.94. The normalized spacial score (nSPS) is 21.4. The van der Waals surface area contributed by atoms with Gasteiger partial charge in [-0.1, -0.05) is 23.7 Å². The van der Waals surface area contributed by atoms with Gasteiger partial charge in [0.25, 0.3) is 0 Å². The van der Waals surface area contributed by atoms with Crippen LogP contribution in [-0.2, 0) is 0 Å². The molecule has 2 aromatic rings. The van der Waals surface area contributed by atoms with Crippen LogP contribution in [0, 0.1) is 12.7 Å². The van der Waals surface area contributed by atoms with Crippen LogP contribution in [0.5, 0.6) is 0 Å². The molecule has 0 unspecified atom stereocenters. The molecule has 0 radical (unpaired) electrons. The molecular weight excluding hydrogens is 273 g/mol. The standard InChI is InChI=1S/C17H17ClFN/c1-11-7-15(5-6-17(11)19)20-16-9-13(10-16)12-3-2-4-14(18)8-12/h2-8,13,16,20H,9-10H2,1H3. The van der Waals surface area contributed by atoms with Crippen molar-refractivity contribution < 1.29 is 4.39 Å². The van der Waals surface area contributed by atoms with E-state index in [1.165, 1.54) is 11.6 Å². The third kappa shape index (κ3) is 2.80. The summed E-state index contributed by atoms with van der Waals surface area (Å²) in [6.07, 6.45) is 2.19. The van der Waals surface area contributed by atoms with Crippen molar-refractivity contribution in [2.24, 2.45) is 0 Å². The van der Waals surface area contributed by atoms with E-state index in [1.807, 2.05) is 24.3 Å². The molecule has 0 aliphatic heterocycles. The molecular formula is C17H17ClFN. The van der Waals surface area contributed by atoms with Gasteiger partial charge >= 0.3 is 0 Å². The minimum absolute atomic E-state index is 0.152. The zero-order valence-electron chi connectivity index (χ0n) is 11.4. The van der Waals surface area contributed by atoms with Gasteiger partial charge in [-0.2, -0.15) is 0 Å². The predicted molar refractivity (Wildman–Crippen MR) is 82.0 cm³/mol. The molecule has 0 atom stereocenters. The molecule has 3 heteroatoms. The second-order valence-corrected chi connectivity index (χ2v) is 5.96. The molecule has 104 valence electrons. The van der Waals surface area contributed by atoms with Gasteiger partial charge in [-0.15, -0.1) is 0 Å². The number of anilines is 1. The van der Waals surface area contributed by atoms with Gasteiger partial charge in [0.05, 0.1) is 0 Å². The number of hydrogen-bond acceptors (Lipinski definition) is 1. The Kier molecular flexibility index (Phi) is 3.66. The lowest BCUT2D eigenvalue weighted by Crippen LogP contribution is -2.34. The SMILES string of the molecule is Cc1cc(NC2CC(c3cccc(Cl)c3)C2)ccc1F. The summed E-state index contributed by atoms with van der Waals surface area (Å²) < 4.78 is 13.2. The summed E-state index contributed by atoms with van der Waals surface area (Å²) in [5, 5.41) is 4.26. The van der Waals surface area contributed by atoms with Crippen molar-refractivity contribution in [2.45, 2.75) is 31.7 Å². The first-order valence-corrected chi connectivity index (χ1v) is 7.28. The third-order valence-corrected chi connectivity index (χ3v) is 4.22. The molecule has 1 N–H and O–H groups in total. The first-order valence-electron chi connectivity index (χ1n) is 6.90. The van der Waals surface area contributed by atoms with E-state index >= 15 is 0 Å². The van der Waals surface area contributed by atoms with E-state index in [0.717, 1.165) is 23.6 Å². The Bertz CT molecular complexity index is 620. The van der Waals surface area contributed by atoms with E-state index in [9.17, 15) is 4.39 Å². The van der Waals surface area contributed by atoms with Gasteiger partial charge in [-0.25, -0.2) is 4.39 Å². The van der Waals surface area contributed by atoms with Crippen LogP contribution in [0.1, 0.15) is 29.9 Å². The molecule has 1 nitrogen and oxygen atoms in total. The maximum atomic E-state index is 13.2. The number of hydrogen-bond donors (Lipinski definition) is 1. The zero-order valence-corrected chi connectivity index (χ0v) is 12.1. The maximum absolute atomic E-state index is 13.2. The number of halogens is 2. The van der Waals surface area contributed by atoms with Crippen LogP contribution in [0.2, 0.25) is 5.02 Å². The van der Waals surface area contributed by atoms with Crippen molar-refractivity contribution in [3.8, 4) is 0 Å². The van der Waals surface area contributed by atoms with Crippen LogP contribution in [0.25, 0.3) is 0 Å². The molecule has 0 amide bonds. The first kappa shape index (κ1) is 13.4. The highest BCUT2D eigenvalue weighted by atomic mass is 35.5. The van der Waals surface area contributed by atoms with Gasteiger partial charge in [-0.3, -0.25) is 0 Å². The van der Waals surface area contributed by atoms with E-state index in [-0.39, 0.29) is 5.82 Å². The molecule has 2 aromatic carbocycles. The Morgan fingerprint density at radius 1 is 1.15 bits per heavy atom. The Labute approximate surface area is 123 Å². The van der Waals surface area contributed by atoms with Crippen molar-refractivity contribution >= 4 is 17.3 Å². The fraction of sp³-hybridized carbons (Fsp3) is 0.294. The average Bonchev–Trinajstić information content (AvgIpc) is 2.37. The molecule has 1 fully saturated rings. The van der Waals surface area contributed by atoms with E-state index in [0.29, 0.717) is 17.5 Å². The van der Waals surface area contributed by atoms with Crippen LogP contribution < -0.4 is 5.32 Å². The quantitative estimate of drug-likeness (QED) is 0.824. The van der Waals surface area contributed by atoms with Crippen LogP contribution in [0.15, 0.2) is 42.5 Å². The van der Waals surface area contributed by atoms with Crippen LogP contribution in [0.3, 0.4) is 0 Å². The number of rotatable bonds is 3. The Morgan fingerprint density at radius 2 is 1.95 bits per heavy atom. The van der Waals surface area contributed by atoms with Crippen LogP contribution >= 0.6 is 11.6 Å². The molecule has 0 aromatic heterocycles. The molecule has 0 saturated heterocycles. The van der Waals surface area contributed by atoms with E-state index in [4.69, 9.17) is 11.6 Å². The largest absolute Gasteiger partial charge is 0.382 e. The smallest absolute Gasteiger partial charge is 0.126 e. The van der Waals surface area contributed by atoms with Crippen molar-refractivity contribution in [2.75, 3.05) is 5.32 Å². The molecule has 20 heavy (non-hydrogen) atoms. The summed E-state index contributed by atoms with van der Waals surface area (Å²) in [5.41, 5.74) is 2.99. The highest BCUT2D eigenvalue weighted by Gasteiger charge is 2.30. The first-order chi connectivity index (χ1) is 9.61. The topological polar surface area (TPSA) is 12.0 Å². The Balaban J connectivity index is 1.59. The fourth-order valence-electron chi connectivity index (χ4n) is 2.74. The zero-order chi connectivity index (χ0) is 14.1. The summed E-state index contributed by atoms with van der Waals surface area (Å²) in [4.78, 5) is 0. The summed E-state index contributed by atoms with van der Waals surface area (Å²) in [5.74, 6) is 0.425. The maximum Gasteiger partial charge on any atom is 0.126 e. The minimum atomic E-state index is -0.152. The summed E-state index contributed by atoms with van der Waals surface area (Å²) >= 11 is 6.02. The number of benzene rings is 2. The summed E-state index contributed by atoms with van der Waals surface area (Å²) in [6, 6.07) is 13.7. The van der Waals surface area contributed by atoms with Gasteiger partial charge in [0, 0.05) is 16.8 Å². The highest BCUT2D eigenvalue weighted by molar-refractivity contribution is 6.30. The number of nitrogens with one attached hydrogen (secondary N) is 1. The Morgan fingerprint density at radius 3 is 2.65 bits per heavy atom. The van der Waals surface area contributed by atoms with Crippen molar-refractivity contribution in [3.63, 3.8) is 0 Å². The number of aryl methyl sites for hydroxylation is 1. The molecule has 3 rings (SSSR count). The molecule has 1 saturated carbocycles. The van der Waals surface area contributed by atoms with Crippen molar-refractivity contribution in [3.05, 3.63) is 64.4 Å². The van der Waals surface area contributed by atoms with Gasteiger partial charge in [0.15, 0.2) is 0 Å². The average molecular weight is 290 g/mol. The van der Waals surface area contributed by atoms with Crippen molar-refractivity contribution in [1.29, 1.82) is 0 Å². The van der Waals surface area contributed by atoms with Crippen molar-refractivity contribution in [1.82, 2.24) is 0 Å². The molecule has 0 heterocycles. The highest BCUT2D eigenvalue weighted by Crippen LogP contribution is 2.39. The van der Waals surface area contributed by atoms with Gasteiger partial charge in [0.2, 0.25) is 0 Å².